The second-order valence-corrected chi connectivity index (χ2v) is 7.37. The minimum atomic E-state index is -2.84. The predicted octanol–water partition coefficient (Wildman–Crippen LogP) is 1.52. The molecule has 0 atom stereocenters. The molecule has 5 heteroatoms. The van der Waals surface area contributed by atoms with E-state index in [4.69, 9.17) is 0 Å². The molecule has 0 radical (unpaired) electrons. The van der Waals surface area contributed by atoms with E-state index in [9.17, 15) is 13.2 Å². The van der Waals surface area contributed by atoms with Crippen LogP contribution in [0.15, 0.2) is 30.3 Å². The van der Waals surface area contributed by atoms with Crippen LogP contribution in [0.25, 0.3) is 0 Å². The van der Waals surface area contributed by atoms with Crippen molar-refractivity contribution >= 4 is 15.7 Å². The van der Waals surface area contributed by atoms with Crippen molar-refractivity contribution in [3.05, 3.63) is 35.9 Å². The van der Waals surface area contributed by atoms with Crippen molar-refractivity contribution in [2.75, 3.05) is 11.5 Å². The monoisotopic (exact) mass is 281 g/mol. The number of amides is 1. The highest BCUT2D eigenvalue weighted by atomic mass is 32.2. The van der Waals surface area contributed by atoms with Crippen LogP contribution in [0.4, 0.5) is 0 Å². The number of carbonyl (C=O) groups excluding carboxylic acids is 1. The fraction of sp³-hybridized carbons (Fsp3) is 0.500. The highest BCUT2D eigenvalue weighted by molar-refractivity contribution is 7.91. The first-order valence-corrected chi connectivity index (χ1v) is 8.38. The molecule has 0 aromatic heterocycles. The number of hydrogen-bond donors (Lipinski definition) is 1. The fourth-order valence-corrected chi connectivity index (χ4v) is 3.86. The van der Waals surface area contributed by atoms with E-state index in [0.717, 1.165) is 5.56 Å². The lowest BCUT2D eigenvalue weighted by Crippen LogP contribution is -2.29. The zero-order valence-corrected chi connectivity index (χ0v) is 11.7. The van der Waals surface area contributed by atoms with E-state index in [1.807, 2.05) is 30.3 Å². The van der Waals surface area contributed by atoms with Crippen LogP contribution >= 0.6 is 0 Å². The SMILES string of the molecule is O=C(CC1CCS(=O)(=O)CC1)NCc1ccccc1. The van der Waals surface area contributed by atoms with Crippen LogP contribution in [-0.4, -0.2) is 25.8 Å². The van der Waals surface area contributed by atoms with Crippen LogP contribution < -0.4 is 5.32 Å². The maximum atomic E-state index is 11.8. The van der Waals surface area contributed by atoms with Gasteiger partial charge in [0.15, 0.2) is 0 Å². The van der Waals surface area contributed by atoms with Gasteiger partial charge in [-0.15, -0.1) is 0 Å². The molecule has 19 heavy (non-hydrogen) atoms. The number of hydrogen-bond acceptors (Lipinski definition) is 3. The number of rotatable bonds is 4. The van der Waals surface area contributed by atoms with Crippen molar-refractivity contribution in [2.24, 2.45) is 5.92 Å². The van der Waals surface area contributed by atoms with Gasteiger partial charge in [-0.1, -0.05) is 30.3 Å². The summed E-state index contributed by atoms with van der Waals surface area (Å²) in [4.78, 5) is 11.8. The third-order valence-electron chi connectivity index (χ3n) is 3.48. The second-order valence-electron chi connectivity index (χ2n) is 5.06. The van der Waals surface area contributed by atoms with Gasteiger partial charge < -0.3 is 5.32 Å². The lowest BCUT2D eigenvalue weighted by molar-refractivity contribution is -0.122. The van der Waals surface area contributed by atoms with Crippen LogP contribution in [0, 0.1) is 5.92 Å². The minimum absolute atomic E-state index is 0.00755. The Morgan fingerprint density at radius 2 is 1.79 bits per heavy atom. The summed E-state index contributed by atoms with van der Waals surface area (Å²) in [5.41, 5.74) is 1.07. The normalized spacial score (nSPS) is 18.9. The molecule has 2 rings (SSSR count). The Morgan fingerprint density at radius 3 is 2.42 bits per heavy atom. The van der Waals surface area contributed by atoms with E-state index < -0.39 is 9.84 Å². The summed E-state index contributed by atoms with van der Waals surface area (Å²) in [6, 6.07) is 9.75. The van der Waals surface area contributed by atoms with Gasteiger partial charge in [-0.3, -0.25) is 4.79 Å². The van der Waals surface area contributed by atoms with E-state index in [0.29, 0.717) is 25.8 Å². The largest absolute Gasteiger partial charge is 0.352 e. The molecule has 0 saturated carbocycles. The molecular formula is C14H19NO3S. The second kappa shape index (κ2) is 6.19. The summed E-state index contributed by atoms with van der Waals surface area (Å²) in [6.45, 7) is 0.532. The van der Waals surface area contributed by atoms with Gasteiger partial charge in [0, 0.05) is 13.0 Å². The van der Waals surface area contributed by atoms with Crippen molar-refractivity contribution < 1.29 is 13.2 Å². The van der Waals surface area contributed by atoms with Gasteiger partial charge in [-0.25, -0.2) is 8.42 Å². The van der Waals surface area contributed by atoms with Crippen LogP contribution in [-0.2, 0) is 21.2 Å². The van der Waals surface area contributed by atoms with Crippen LogP contribution in [0.3, 0.4) is 0 Å². The van der Waals surface area contributed by atoms with Crippen LogP contribution in [0.5, 0.6) is 0 Å². The molecule has 1 saturated heterocycles. The summed E-state index contributed by atoms with van der Waals surface area (Å²) >= 11 is 0. The minimum Gasteiger partial charge on any atom is -0.352 e. The zero-order chi connectivity index (χ0) is 13.7. The fourth-order valence-electron chi connectivity index (χ4n) is 2.27. The summed E-state index contributed by atoms with van der Waals surface area (Å²) in [5.74, 6) is 0.667. The standard InChI is InChI=1S/C14H19NO3S/c16-14(15-11-13-4-2-1-3-5-13)10-12-6-8-19(17,18)9-7-12/h1-5,12H,6-11H2,(H,15,16). The van der Waals surface area contributed by atoms with E-state index in [2.05, 4.69) is 5.32 Å². The number of nitrogens with one attached hydrogen (secondary N) is 1. The quantitative estimate of drug-likeness (QED) is 0.910. The summed E-state index contributed by atoms with van der Waals surface area (Å²) in [7, 11) is -2.84. The molecule has 1 fully saturated rings. The molecule has 0 unspecified atom stereocenters. The van der Waals surface area contributed by atoms with Crippen LogP contribution in [0.2, 0.25) is 0 Å². The third kappa shape index (κ3) is 4.67. The van der Waals surface area contributed by atoms with Gasteiger partial charge in [0.2, 0.25) is 5.91 Å². The molecule has 1 N–H and O–H groups in total. The molecule has 104 valence electrons. The zero-order valence-electron chi connectivity index (χ0n) is 10.8. The molecule has 1 aromatic carbocycles. The lowest BCUT2D eigenvalue weighted by atomic mass is 9.98. The first kappa shape index (κ1) is 14.1. The number of carbonyl (C=O) groups is 1. The van der Waals surface area contributed by atoms with E-state index >= 15 is 0 Å². The maximum Gasteiger partial charge on any atom is 0.220 e. The topological polar surface area (TPSA) is 63.2 Å². The Morgan fingerprint density at radius 1 is 1.16 bits per heavy atom. The number of sulfone groups is 1. The Balaban J connectivity index is 1.73. The molecule has 1 amide bonds. The average Bonchev–Trinajstić information content (AvgIpc) is 2.40. The molecule has 1 aliphatic rings. The van der Waals surface area contributed by atoms with Crippen molar-refractivity contribution in [1.29, 1.82) is 0 Å². The molecule has 0 aliphatic carbocycles. The van der Waals surface area contributed by atoms with Gasteiger partial charge in [-0.2, -0.15) is 0 Å². The molecule has 4 nitrogen and oxygen atoms in total. The smallest absolute Gasteiger partial charge is 0.220 e. The van der Waals surface area contributed by atoms with E-state index in [-0.39, 0.29) is 23.3 Å². The van der Waals surface area contributed by atoms with Crippen molar-refractivity contribution in [2.45, 2.75) is 25.8 Å². The Kier molecular flexibility index (Phi) is 4.58. The lowest BCUT2D eigenvalue weighted by Gasteiger charge is -2.21. The summed E-state index contributed by atoms with van der Waals surface area (Å²) < 4.78 is 22.6. The average molecular weight is 281 g/mol. The van der Waals surface area contributed by atoms with Gasteiger partial charge in [-0.05, 0) is 24.3 Å². The van der Waals surface area contributed by atoms with Gasteiger partial charge in [0.1, 0.15) is 9.84 Å². The third-order valence-corrected chi connectivity index (χ3v) is 5.20. The van der Waals surface area contributed by atoms with Gasteiger partial charge in [0.05, 0.1) is 11.5 Å². The summed E-state index contributed by atoms with van der Waals surface area (Å²) in [6.07, 6.45) is 1.66. The maximum absolute atomic E-state index is 11.8. The molecule has 0 bridgehead atoms. The molecule has 1 aliphatic heterocycles. The van der Waals surface area contributed by atoms with Gasteiger partial charge >= 0.3 is 0 Å². The highest BCUT2D eigenvalue weighted by Crippen LogP contribution is 2.21. The molecular weight excluding hydrogens is 262 g/mol. The van der Waals surface area contributed by atoms with E-state index in [1.54, 1.807) is 0 Å². The number of benzene rings is 1. The predicted molar refractivity (Wildman–Crippen MR) is 74.3 cm³/mol. The van der Waals surface area contributed by atoms with Crippen LogP contribution in [0.1, 0.15) is 24.8 Å². The Hall–Kier alpha value is -1.36. The molecule has 1 heterocycles. The molecule has 1 aromatic rings. The van der Waals surface area contributed by atoms with Gasteiger partial charge in [0.25, 0.3) is 0 Å². The first-order valence-electron chi connectivity index (χ1n) is 6.56. The van der Waals surface area contributed by atoms with Crippen molar-refractivity contribution in [1.82, 2.24) is 5.32 Å². The Bertz CT molecular complexity index is 511. The van der Waals surface area contributed by atoms with Crippen molar-refractivity contribution in [3.63, 3.8) is 0 Å². The summed E-state index contributed by atoms with van der Waals surface area (Å²) in [5, 5.41) is 2.88. The Labute approximate surface area is 114 Å². The van der Waals surface area contributed by atoms with E-state index in [1.165, 1.54) is 0 Å². The van der Waals surface area contributed by atoms with Crippen molar-refractivity contribution in [3.8, 4) is 0 Å². The highest BCUT2D eigenvalue weighted by Gasteiger charge is 2.25. The molecule has 0 spiro atoms. The first-order chi connectivity index (χ1) is 9.05.